The van der Waals surface area contributed by atoms with E-state index in [9.17, 15) is 8.78 Å². The van der Waals surface area contributed by atoms with Crippen LogP contribution in [0.3, 0.4) is 0 Å². The van der Waals surface area contributed by atoms with Crippen molar-refractivity contribution in [2.24, 2.45) is 0 Å². The van der Waals surface area contributed by atoms with Gasteiger partial charge in [-0.2, -0.15) is 0 Å². The third-order valence-electron chi connectivity index (χ3n) is 3.76. The number of pyridine rings is 1. The Labute approximate surface area is 191 Å². The van der Waals surface area contributed by atoms with Gasteiger partial charge in [-0.15, -0.1) is 24.2 Å². The van der Waals surface area contributed by atoms with Gasteiger partial charge in [-0.1, -0.05) is 87.4 Å². The third-order valence-corrected chi connectivity index (χ3v) is 3.76. The van der Waals surface area contributed by atoms with Crippen molar-refractivity contribution in [2.45, 2.75) is 45.9 Å². The molecular weight excluding hydrogens is 560 g/mol. The van der Waals surface area contributed by atoms with Gasteiger partial charge in [-0.3, -0.25) is 8.78 Å². The van der Waals surface area contributed by atoms with Crippen LogP contribution < -0.4 is 0 Å². The van der Waals surface area contributed by atoms with Crippen molar-refractivity contribution in [3.05, 3.63) is 101 Å². The van der Waals surface area contributed by atoms with Crippen LogP contribution in [0.25, 0.3) is 21.9 Å². The molecule has 1 aromatic heterocycles. The van der Waals surface area contributed by atoms with Gasteiger partial charge in [0, 0.05) is 17.8 Å². The van der Waals surface area contributed by atoms with Gasteiger partial charge in [0.25, 0.3) is 0 Å². The largest absolute Gasteiger partial charge is 3.00 e. The summed E-state index contributed by atoms with van der Waals surface area (Å²) in [7, 11) is 0. The molecule has 6 heteroatoms. The Morgan fingerprint density at radius 1 is 0.867 bits per heavy atom. The fraction of sp³-hybridized carbons (Fsp3) is 0.292. The molecule has 0 aliphatic rings. The summed E-state index contributed by atoms with van der Waals surface area (Å²) in [6.45, 7) is 8.36. The van der Waals surface area contributed by atoms with Crippen molar-refractivity contribution in [2.75, 3.05) is 0 Å². The van der Waals surface area contributed by atoms with Crippen LogP contribution in [0.5, 0.6) is 0 Å². The first-order valence-corrected chi connectivity index (χ1v) is 9.59. The van der Waals surface area contributed by atoms with E-state index in [2.05, 4.69) is 61.5 Å². The Hall–Kier alpha value is -1.98. The van der Waals surface area contributed by atoms with E-state index < -0.39 is 11.6 Å². The summed E-state index contributed by atoms with van der Waals surface area (Å²) in [5.74, 6) is -1.29. The summed E-state index contributed by atoms with van der Waals surface area (Å²) < 4.78 is 25.8. The molecule has 0 saturated carbocycles. The number of halogens is 2. The molecule has 0 unspecified atom stereocenters. The molecule has 0 fully saturated rings. The Kier molecular flexibility index (Phi) is 11.6. The van der Waals surface area contributed by atoms with Gasteiger partial charge in [0.1, 0.15) is 0 Å². The van der Waals surface area contributed by atoms with Gasteiger partial charge in [0.2, 0.25) is 0 Å². The molecule has 3 rings (SSSR count). The van der Waals surface area contributed by atoms with Crippen molar-refractivity contribution in [3.8, 4) is 11.3 Å². The average molecular weight is 587 g/mol. The van der Waals surface area contributed by atoms with Gasteiger partial charge < -0.3 is 15.6 Å². The number of hydrogen-bond donors (Lipinski definition) is 0. The molecule has 160 valence electrons. The van der Waals surface area contributed by atoms with Crippen molar-refractivity contribution < 1.29 is 28.9 Å². The van der Waals surface area contributed by atoms with Crippen molar-refractivity contribution in [3.63, 3.8) is 0 Å². The second-order valence-corrected chi connectivity index (χ2v) is 7.03. The Balaban J connectivity index is 0.000000291. The van der Waals surface area contributed by atoms with E-state index in [0.717, 1.165) is 12.1 Å². The van der Waals surface area contributed by atoms with Crippen molar-refractivity contribution in [1.29, 1.82) is 0 Å². The molecule has 0 bridgehead atoms. The quantitative estimate of drug-likeness (QED) is 0.285. The molecule has 0 atom stereocenters. The maximum atomic E-state index is 13.2. The van der Waals surface area contributed by atoms with Crippen LogP contribution in [0.15, 0.2) is 66.9 Å². The average Bonchev–Trinajstić information content (AvgIpc) is 2.69. The minimum atomic E-state index is -0.649. The molecule has 30 heavy (non-hydrogen) atoms. The van der Waals surface area contributed by atoms with Gasteiger partial charge >= 0.3 is 20.1 Å². The zero-order chi connectivity index (χ0) is 21.2. The monoisotopic (exact) mass is 587 g/mol. The summed E-state index contributed by atoms with van der Waals surface area (Å²) in [5, 5.41) is 9.24. The number of benzene rings is 2. The Morgan fingerprint density at radius 3 is 1.97 bits per heavy atom. The predicted octanol–water partition coefficient (Wildman–Crippen LogP) is 7.07. The van der Waals surface area contributed by atoms with Crippen LogP contribution in [0, 0.1) is 17.7 Å². The minimum absolute atomic E-state index is 0. The Morgan fingerprint density at radius 2 is 1.47 bits per heavy atom. The molecule has 0 amide bonds. The van der Waals surface area contributed by atoms with Crippen LogP contribution in [0.4, 0.5) is 8.78 Å². The maximum absolute atomic E-state index is 13.2. The van der Waals surface area contributed by atoms with Gasteiger partial charge in [0.05, 0.1) is 0 Å². The summed E-state index contributed by atoms with van der Waals surface area (Å²) in [6.07, 6.45) is 1.54. The van der Waals surface area contributed by atoms with Crippen LogP contribution in [-0.2, 0) is 20.1 Å². The first-order valence-electron chi connectivity index (χ1n) is 9.59. The summed E-state index contributed by atoms with van der Waals surface area (Å²) in [6, 6.07) is 20.4. The molecule has 0 saturated heterocycles. The molecule has 3 nitrogen and oxygen atoms in total. The van der Waals surface area contributed by atoms with E-state index >= 15 is 0 Å². The molecular formula is C24H26F2IrN3. The molecule has 0 radical (unpaired) electrons. The molecule has 0 N–H and O–H groups in total. The standard InChI is InChI=1S/C13H20N2.C11H6F2N.Ir/c1-10(2)14-13(15-11(3)4)12-8-6-5-7-9-12;12-8-4-5-9(10(13)7-8)11-3-1-2-6-14-11;/h5-11,13H,1-4H3;1-4,6-7H;/q-2;-1;+3. The molecule has 0 aliphatic carbocycles. The fourth-order valence-electron chi connectivity index (χ4n) is 2.55. The van der Waals surface area contributed by atoms with Crippen LogP contribution >= 0.6 is 0 Å². The first-order chi connectivity index (χ1) is 13.9. The molecule has 1 heterocycles. The third kappa shape index (κ3) is 8.80. The normalized spacial score (nSPS) is 10.6. The van der Waals surface area contributed by atoms with E-state index in [-0.39, 0.29) is 31.8 Å². The molecule has 3 aromatic rings. The van der Waals surface area contributed by atoms with Crippen molar-refractivity contribution >= 4 is 0 Å². The van der Waals surface area contributed by atoms with Crippen LogP contribution in [-0.4, -0.2) is 17.1 Å². The summed E-state index contributed by atoms with van der Waals surface area (Å²) in [4.78, 5) is 3.95. The minimum Gasteiger partial charge on any atom is -0.672 e. The Bertz CT molecular complexity index is 849. The van der Waals surface area contributed by atoms with E-state index in [1.54, 1.807) is 24.4 Å². The zero-order valence-electron chi connectivity index (χ0n) is 17.5. The summed E-state index contributed by atoms with van der Waals surface area (Å²) >= 11 is 0. The molecule has 0 spiro atoms. The summed E-state index contributed by atoms with van der Waals surface area (Å²) in [5.41, 5.74) is 1.82. The SMILES string of the molecule is CC(C)[N-]C([N-]C(C)C)c1ccccc1.Fc1c[c-]c(-c2ccccn2)c(F)c1.[Ir+3]. The van der Waals surface area contributed by atoms with E-state index in [0.29, 0.717) is 17.8 Å². The van der Waals surface area contributed by atoms with Gasteiger partial charge in [-0.05, 0) is 11.8 Å². The van der Waals surface area contributed by atoms with Crippen molar-refractivity contribution in [1.82, 2.24) is 4.98 Å². The predicted molar refractivity (Wildman–Crippen MR) is 115 cm³/mol. The maximum Gasteiger partial charge on any atom is 3.00 e. The fourth-order valence-corrected chi connectivity index (χ4v) is 2.55. The number of hydrogen-bond acceptors (Lipinski definition) is 1. The van der Waals surface area contributed by atoms with E-state index in [4.69, 9.17) is 0 Å². The van der Waals surface area contributed by atoms with Gasteiger partial charge in [0.15, 0.2) is 0 Å². The van der Waals surface area contributed by atoms with Gasteiger partial charge in [-0.25, -0.2) is 6.17 Å². The number of aromatic nitrogens is 1. The number of nitrogens with zero attached hydrogens (tertiary/aromatic N) is 3. The van der Waals surface area contributed by atoms with E-state index in [1.165, 1.54) is 5.56 Å². The second-order valence-electron chi connectivity index (χ2n) is 7.03. The number of rotatable bonds is 6. The second kappa shape index (κ2) is 13.3. The molecule has 0 aliphatic heterocycles. The first kappa shape index (κ1) is 26.1. The topological polar surface area (TPSA) is 41.1 Å². The molecule has 2 aromatic carbocycles. The van der Waals surface area contributed by atoms with E-state index in [1.807, 2.05) is 18.2 Å². The zero-order valence-corrected chi connectivity index (χ0v) is 19.9. The van der Waals surface area contributed by atoms with Crippen LogP contribution in [0.2, 0.25) is 0 Å². The smallest absolute Gasteiger partial charge is 0.672 e. The van der Waals surface area contributed by atoms with Crippen LogP contribution in [0.1, 0.15) is 39.4 Å².